The lowest BCUT2D eigenvalue weighted by atomic mass is 9.97. The van der Waals surface area contributed by atoms with Gasteiger partial charge in [0.2, 0.25) is 0 Å². The van der Waals surface area contributed by atoms with Crippen molar-refractivity contribution >= 4 is 34.8 Å². The summed E-state index contributed by atoms with van der Waals surface area (Å²) >= 11 is 12.9. The second-order valence-corrected chi connectivity index (χ2v) is 10.6. The van der Waals surface area contributed by atoms with Gasteiger partial charge in [0.05, 0.1) is 34.6 Å². The van der Waals surface area contributed by atoms with Crippen LogP contribution >= 0.6 is 23.2 Å². The first-order chi connectivity index (χ1) is 19.7. The number of rotatable bonds is 10. The van der Waals surface area contributed by atoms with Crippen LogP contribution in [-0.4, -0.2) is 71.9 Å². The summed E-state index contributed by atoms with van der Waals surface area (Å²) in [4.78, 5) is 21.0. The fourth-order valence-electron chi connectivity index (χ4n) is 4.84. The molecule has 0 saturated carbocycles. The van der Waals surface area contributed by atoms with E-state index in [0.717, 1.165) is 11.3 Å². The molecule has 1 saturated heterocycles. The van der Waals surface area contributed by atoms with E-state index in [1.807, 2.05) is 57.2 Å². The third-order valence-electron chi connectivity index (χ3n) is 6.75. The largest absolute Gasteiger partial charge is 0.491 e. The van der Waals surface area contributed by atoms with E-state index in [-0.39, 0.29) is 25.2 Å². The Hall–Kier alpha value is -2.88. The lowest BCUT2D eigenvalue weighted by molar-refractivity contribution is 0.00674. The molecule has 1 aliphatic heterocycles. The van der Waals surface area contributed by atoms with Crippen molar-refractivity contribution in [3.63, 3.8) is 0 Å². The zero-order valence-electron chi connectivity index (χ0n) is 24.1. The van der Waals surface area contributed by atoms with E-state index in [0.29, 0.717) is 59.8 Å². The van der Waals surface area contributed by atoms with Crippen molar-refractivity contribution in [1.29, 1.82) is 0 Å². The van der Waals surface area contributed by atoms with E-state index >= 15 is 0 Å². The van der Waals surface area contributed by atoms with Crippen molar-refractivity contribution in [2.45, 2.75) is 39.3 Å². The Kier molecular flexibility index (Phi) is 12.2. The Morgan fingerprint density at radius 1 is 1.12 bits per heavy atom. The Labute approximate surface area is 252 Å². The van der Waals surface area contributed by atoms with Crippen LogP contribution in [0.15, 0.2) is 60.8 Å². The molecular weight excluding hydrogens is 563 g/mol. The number of aliphatic hydroxyl groups excluding tert-OH is 1. The quantitative estimate of drug-likeness (QED) is 0.289. The lowest BCUT2D eigenvalue weighted by Gasteiger charge is -2.45. The number of halogens is 2. The number of aromatic nitrogens is 1. The highest BCUT2D eigenvalue weighted by molar-refractivity contribution is 6.33. The second-order valence-electron chi connectivity index (χ2n) is 9.75. The molecule has 0 spiro atoms. The number of nitrogens with one attached hydrogen (secondary N) is 1. The number of hydrogen-bond donors (Lipinski definition) is 3. The fraction of sp³-hybridized carbons (Fsp3) is 0.419. The molecule has 4 rings (SSSR count). The Bertz CT molecular complexity index is 1260. The van der Waals surface area contributed by atoms with E-state index in [1.165, 1.54) is 6.20 Å². The number of ether oxygens (including phenoxy) is 1. The van der Waals surface area contributed by atoms with Crippen LogP contribution < -0.4 is 15.0 Å². The van der Waals surface area contributed by atoms with Gasteiger partial charge in [-0.3, -0.25) is 14.7 Å². The summed E-state index contributed by atoms with van der Waals surface area (Å²) in [7, 11) is 0. The molecule has 1 aromatic heterocycles. The highest BCUT2D eigenvalue weighted by atomic mass is 35.5. The zero-order chi connectivity index (χ0) is 30.0. The van der Waals surface area contributed by atoms with Gasteiger partial charge < -0.3 is 25.2 Å². The standard InChI is InChI=1S/C29H34Cl2N4O4.C2H6/c1-3-32-28(37)21-6-11-27(33-17-21)29(2,38)19-34-12-13-35(26(18-34)20-4-7-22(30)8-5-20)25-10-9-23(16-24(25)31)39-15-14-36;1-2/h4-11,16-17,26,36,38H,3,12-15,18-19H2,1-2H3,(H,32,37);1-2H3/t26-,29+;/m0./s1. The van der Waals surface area contributed by atoms with Crippen molar-refractivity contribution in [3.8, 4) is 5.75 Å². The summed E-state index contributed by atoms with van der Waals surface area (Å²) in [6.45, 7) is 10.6. The SMILES string of the molecule is CC.CCNC(=O)c1ccc([C@](C)(O)CN2CCN(c3ccc(OCCO)cc3Cl)[C@H](c3ccc(Cl)cc3)C2)nc1. The van der Waals surface area contributed by atoms with Crippen LogP contribution in [0, 0.1) is 0 Å². The average molecular weight is 604 g/mol. The highest BCUT2D eigenvalue weighted by Gasteiger charge is 2.34. The predicted molar refractivity (Wildman–Crippen MR) is 165 cm³/mol. The summed E-state index contributed by atoms with van der Waals surface area (Å²) in [6.07, 6.45) is 1.50. The molecule has 2 heterocycles. The first-order valence-electron chi connectivity index (χ1n) is 14.0. The van der Waals surface area contributed by atoms with Gasteiger partial charge in [-0.15, -0.1) is 0 Å². The molecule has 0 unspecified atom stereocenters. The number of anilines is 1. The van der Waals surface area contributed by atoms with Crippen LogP contribution in [0.2, 0.25) is 10.0 Å². The van der Waals surface area contributed by atoms with Gasteiger partial charge in [0.15, 0.2) is 0 Å². The first kappa shape index (κ1) is 32.6. The van der Waals surface area contributed by atoms with Gasteiger partial charge in [-0.2, -0.15) is 0 Å². The second kappa shape index (κ2) is 15.4. The third kappa shape index (κ3) is 8.56. The first-order valence-corrected chi connectivity index (χ1v) is 14.7. The maximum Gasteiger partial charge on any atom is 0.252 e. The molecule has 0 radical (unpaired) electrons. The highest BCUT2D eigenvalue weighted by Crippen LogP contribution is 2.38. The minimum atomic E-state index is -1.23. The summed E-state index contributed by atoms with van der Waals surface area (Å²) in [5.41, 5.74) is 1.68. The number of β-amino-alcohol motifs (C(OH)–C–C–N with tert-alkyl or cyclic N) is 1. The summed E-state index contributed by atoms with van der Waals surface area (Å²) in [6, 6.07) is 16.7. The maximum atomic E-state index is 12.1. The van der Waals surface area contributed by atoms with Crippen LogP contribution in [0.4, 0.5) is 5.69 Å². The molecule has 8 nitrogen and oxygen atoms in total. The van der Waals surface area contributed by atoms with E-state index in [9.17, 15) is 9.90 Å². The topological polar surface area (TPSA) is 98.2 Å². The summed E-state index contributed by atoms with van der Waals surface area (Å²) in [5, 5.41) is 24.4. The van der Waals surface area contributed by atoms with E-state index < -0.39 is 5.60 Å². The molecule has 3 aromatic rings. The monoisotopic (exact) mass is 602 g/mol. The van der Waals surface area contributed by atoms with Gasteiger partial charge in [0.1, 0.15) is 18.0 Å². The van der Waals surface area contributed by atoms with Gasteiger partial charge in [0, 0.05) is 50.0 Å². The number of aliphatic hydroxyl groups is 2. The number of hydrogen-bond acceptors (Lipinski definition) is 7. The zero-order valence-corrected chi connectivity index (χ0v) is 25.6. The minimum absolute atomic E-state index is 0.0541. The number of amides is 1. The molecule has 1 amide bonds. The van der Waals surface area contributed by atoms with Crippen LogP contribution in [0.25, 0.3) is 0 Å². The van der Waals surface area contributed by atoms with Crippen molar-refractivity contribution < 1.29 is 19.7 Å². The van der Waals surface area contributed by atoms with Gasteiger partial charge in [0.25, 0.3) is 5.91 Å². The number of carbonyl (C=O) groups excluding carboxylic acids is 1. The molecule has 10 heteroatoms. The van der Waals surface area contributed by atoms with Gasteiger partial charge >= 0.3 is 0 Å². The van der Waals surface area contributed by atoms with Crippen molar-refractivity contribution in [2.75, 3.05) is 50.8 Å². The van der Waals surface area contributed by atoms with Gasteiger partial charge in [-0.1, -0.05) is 49.2 Å². The molecule has 3 N–H and O–H groups in total. The number of piperazine rings is 1. The molecule has 2 atom stereocenters. The van der Waals surface area contributed by atoms with E-state index in [4.69, 9.17) is 33.0 Å². The van der Waals surface area contributed by atoms with Crippen LogP contribution in [0.1, 0.15) is 55.4 Å². The number of pyridine rings is 1. The fourth-order valence-corrected chi connectivity index (χ4v) is 5.25. The molecule has 1 fully saturated rings. The number of benzene rings is 2. The molecule has 2 aromatic carbocycles. The number of carbonyl (C=O) groups is 1. The van der Waals surface area contributed by atoms with Crippen molar-refractivity contribution in [3.05, 3.63) is 87.7 Å². The molecule has 0 aliphatic carbocycles. The normalized spacial score (nSPS) is 16.8. The third-order valence-corrected chi connectivity index (χ3v) is 7.31. The Balaban J connectivity index is 0.00000226. The molecular formula is C31H40Cl2N4O4. The van der Waals surface area contributed by atoms with Crippen molar-refractivity contribution in [2.24, 2.45) is 0 Å². The van der Waals surface area contributed by atoms with Gasteiger partial charge in [-0.05, 0) is 55.8 Å². The molecule has 222 valence electrons. The lowest BCUT2D eigenvalue weighted by Crippen LogP contribution is -2.52. The molecule has 41 heavy (non-hydrogen) atoms. The Morgan fingerprint density at radius 3 is 2.46 bits per heavy atom. The molecule has 0 bridgehead atoms. The summed E-state index contributed by atoms with van der Waals surface area (Å²) in [5.74, 6) is 0.408. The van der Waals surface area contributed by atoms with E-state index in [2.05, 4.69) is 20.1 Å². The predicted octanol–water partition coefficient (Wildman–Crippen LogP) is 5.31. The maximum absolute atomic E-state index is 12.1. The molecule has 1 aliphatic rings. The van der Waals surface area contributed by atoms with Crippen LogP contribution in [0.5, 0.6) is 5.75 Å². The smallest absolute Gasteiger partial charge is 0.252 e. The van der Waals surface area contributed by atoms with Crippen LogP contribution in [0.3, 0.4) is 0 Å². The number of nitrogens with zero attached hydrogens (tertiary/aromatic N) is 3. The van der Waals surface area contributed by atoms with E-state index in [1.54, 1.807) is 25.1 Å². The summed E-state index contributed by atoms with van der Waals surface area (Å²) < 4.78 is 5.52. The minimum Gasteiger partial charge on any atom is -0.491 e. The van der Waals surface area contributed by atoms with Gasteiger partial charge in [-0.25, -0.2) is 0 Å². The van der Waals surface area contributed by atoms with Crippen molar-refractivity contribution in [1.82, 2.24) is 15.2 Å². The van der Waals surface area contributed by atoms with Crippen LogP contribution in [-0.2, 0) is 5.60 Å². The Morgan fingerprint density at radius 2 is 1.85 bits per heavy atom. The average Bonchev–Trinajstić information content (AvgIpc) is 2.98.